The van der Waals surface area contributed by atoms with Gasteiger partial charge in [0.2, 0.25) is 5.91 Å². The number of amides is 1. The summed E-state index contributed by atoms with van der Waals surface area (Å²) in [6, 6.07) is 8.69. The van der Waals surface area contributed by atoms with Gasteiger partial charge >= 0.3 is 0 Å². The predicted molar refractivity (Wildman–Crippen MR) is 101 cm³/mol. The summed E-state index contributed by atoms with van der Waals surface area (Å²) in [7, 11) is 0. The van der Waals surface area contributed by atoms with E-state index in [1.807, 2.05) is 11.8 Å². The molecule has 0 unspecified atom stereocenters. The number of piperidine rings is 1. The molecule has 1 aliphatic heterocycles. The van der Waals surface area contributed by atoms with Crippen molar-refractivity contribution in [2.75, 3.05) is 18.0 Å². The topological polar surface area (TPSA) is 23.6 Å². The van der Waals surface area contributed by atoms with Crippen molar-refractivity contribution in [3.8, 4) is 0 Å². The molecule has 1 amide bonds. The zero-order chi connectivity index (χ0) is 17.6. The normalized spacial score (nSPS) is 16.1. The number of likely N-dealkylation sites (tertiary alicyclic amines) is 1. The number of halogens is 1. The largest absolute Gasteiger partial charge is 0.309 e. The van der Waals surface area contributed by atoms with Crippen LogP contribution in [-0.2, 0) is 11.3 Å². The van der Waals surface area contributed by atoms with Crippen LogP contribution in [0.2, 0.25) is 0 Å². The first kappa shape index (κ1) is 18.1. The van der Waals surface area contributed by atoms with Crippen molar-refractivity contribution in [2.24, 2.45) is 0 Å². The van der Waals surface area contributed by atoms with Gasteiger partial charge in [-0.1, -0.05) is 6.92 Å². The summed E-state index contributed by atoms with van der Waals surface area (Å²) >= 11 is 1.73. The molecule has 5 heteroatoms. The van der Waals surface area contributed by atoms with Gasteiger partial charge in [0.15, 0.2) is 0 Å². The van der Waals surface area contributed by atoms with Crippen molar-refractivity contribution in [3.63, 3.8) is 0 Å². The Morgan fingerprint density at radius 2 is 1.96 bits per heavy atom. The highest BCUT2D eigenvalue weighted by Gasteiger charge is 2.28. The van der Waals surface area contributed by atoms with Gasteiger partial charge in [0.25, 0.3) is 0 Å². The van der Waals surface area contributed by atoms with E-state index in [-0.39, 0.29) is 17.8 Å². The van der Waals surface area contributed by atoms with Crippen molar-refractivity contribution in [2.45, 2.75) is 45.2 Å². The van der Waals surface area contributed by atoms with Gasteiger partial charge in [0, 0.05) is 37.8 Å². The van der Waals surface area contributed by atoms with E-state index >= 15 is 0 Å². The summed E-state index contributed by atoms with van der Waals surface area (Å²) in [5.41, 5.74) is 2.18. The van der Waals surface area contributed by atoms with Crippen LogP contribution in [0.15, 0.2) is 41.1 Å². The molecule has 1 saturated heterocycles. The maximum absolute atomic E-state index is 13.3. The molecule has 0 bridgehead atoms. The van der Waals surface area contributed by atoms with Crippen LogP contribution in [0, 0.1) is 5.82 Å². The number of carbonyl (C=O) groups is 1. The molecule has 0 radical (unpaired) electrons. The zero-order valence-electron chi connectivity index (χ0n) is 14.7. The Bertz CT molecular complexity index is 664. The van der Waals surface area contributed by atoms with E-state index in [1.165, 1.54) is 17.7 Å². The molecule has 25 heavy (non-hydrogen) atoms. The summed E-state index contributed by atoms with van der Waals surface area (Å²) in [4.78, 5) is 17.0. The third-order valence-corrected chi connectivity index (χ3v) is 5.48. The number of hydrogen-bond acceptors (Lipinski definition) is 3. The van der Waals surface area contributed by atoms with Crippen LogP contribution in [0.3, 0.4) is 0 Å². The maximum Gasteiger partial charge on any atom is 0.227 e. The molecule has 2 heterocycles. The monoisotopic (exact) mass is 360 g/mol. The molecule has 1 aromatic heterocycles. The van der Waals surface area contributed by atoms with E-state index in [4.69, 9.17) is 0 Å². The lowest BCUT2D eigenvalue weighted by molar-refractivity contribution is -0.119. The van der Waals surface area contributed by atoms with Crippen LogP contribution in [0.1, 0.15) is 38.2 Å². The number of anilines is 1. The minimum absolute atomic E-state index is 0.144. The molecule has 0 atom stereocenters. The fourth-order valence-electron chi connectivity index (χ4n) is 3.47. The van der Waals surface area contributed by atoms with E-state index in [2.05, 4.69) is 21.7 Å². The van der Waals surface area contributed by atoms with Crippen LogP contribution < -0.4 is 4.90 Å². The molecule has 1 aliphatic rings. The van der Waals surface area contributed by atoms with Gasteiger partial charge in [-0.25, -0.2) is 4.39 Å². The van der Waals surface area contributed by atoms with Gasteiger partial charge in [-0.2, -0.15) is 11.3 Å². The smallest absolute Gasteiger partial charge is 0.227 e. The lowest BCUT2D eigenvalue weighted by Gasteiger charge is -2.38. The lowest BCUT2D eigenvalue weighted by atomic mass is 10.0. The first-order valence-corrected chi connectivity index (χ1v) is 9.92. The number of carbonyl (C=O) groups excluding carboxylic acids is 1. The van der Waals surface area contributed by atoms with Gasteiger partial charge in [0.05, 0.1) is 0 Å². The predicted octanol–water partition coefficient (Wildman–Crippen LogP) is 4.68. The van der Waals surface area contributed by atoms with Gasteiger partial charge in [0.1, 0.15) is 5.82 Å². The van der Waals surface area contributed by atoms with Gasteiger partial charge in [-0.15, -0.1) is 0 Å². The highest BCUT2D eigenvalue weighted by atomic mass is 32.1. The third kappa shape index (κ3) is 4.67. The number of thiophene rings is 1. The standard InChI is InChI=1S/C20H25FN2OS/c1-2-3-20(24)23(18-6-4-17(21)5-7-18)19-8-11-22(12-9-19)14-16-10-13-25-15-16/h4-7,10,13,15,19H,2-3,8-9,11-12,14H2,1H3. The van der Waals surface area contributed by atoms with Crippen molar-refractivity contribution in [1.82, 2.24) is 4.90 Å². The summed E-state index contributed by atoms with van der Waals surface area (Å²) in [6.07, 6.45) is 3.27. The number of rotatable bonds is 6. The van der Waals surface area contributed by atoms with Gasteiger partial charge in [-0.3, -0.25) is 9.69 Å². The highest BCUT2D eigenvalue weighted by Crippen LogP contribution is 2.26. The van der Waals surface area contributed by atoms with Crippen LogP contribution in [-0.4, -0.2) is 29.9 Å². The minimum atomic E-state index is -0.266. The molecular weight excluding hydrogens is 335 g/mol. The molecule has 0 aliphatic carbocycles. The first-order chi connectivity index (χ1) is 12.2. The molecule has 134 valence electrons. The molecule has 1 fully saturated rings. The Morgan fingerprint density at radius 3 is 2.56 bits per heavy atom. The van der Waals surface area contributed by atoms with E-state index in [9.17, 15) is 9.18 Å². The second kappa shape index (κ2) is 8.59. The third-order valence-electron chi connectivity index (χ3n) is 4.75. The summed E-state index contributed by atoms with van der Waals surface area (Å²) in [6.45, 7) is 4.97. The van der Waals surface area contributed by atoms with Crippen LogP contribution in [0.4, 0.5) is 10.1 Å². The van der Waals surface area contributed by atoms with Crippen molar-refractivity contribution in [1.29, 1.82) is 0 Å². The van der Waals surface area contributed by atoms with Gasteiger partial charge in [-0.05, 0) is 65.9 Å². The van der Waals surface area contributed by atoms with E-state index in [0.717, 1.165) is 44.6 Å². The van der Waals surface area contributed by atoms with Crippen molar-refractivity contribution < 1.29 is 9.18 Å². The number of hydrogen-bond donors (Lipinski definition) is 0. The Kier molecular flexibility index (Phi) is 6.21. The first-order valence-electron chi connectivity index (χ1n) is 8.98. The summed E-state index contributed by atoms with van der Waals surface area (Å²) < 4.78 is 13.3. The maximum atomic E-state index is 13.3. The van der Waals surface area contributed by atoms with Crippen LogP contribution >= 0.6 is 11.3 Å². The average Bonchev–Trinajstić information content (AvgIpc) is 3.12. The summed E-state index contributed by atoms with van der Waals surface area (Å²) in [5, 5.41) is 4.31. The van der Waals surface area contributed by atoms with E-state index in [0.29, 0.717) is 6.42 Å². The molecule has 3 rings (SSSR count). The SMILES string of the molecule is CCCC(=O)N(c1ccc(F)cc1)C1CCN(Cc2ccsc2)CC1. The van der Waals surface area contributed by atoms with Crippen molar-refractivity contribution in [3.05, 3.63) is 52.5 Å². The Labute approximate surface area is 153 Å². The molecule has 0 N–H and O–H groups in total. The molecule has 3 nitrogen and oxygen atoms in total. The molecule has 0 spiro atoms. The second-order valence-electron chi connectivity index (χ2n) is 6.63. The Balaban J connectivity index is 1.67. The van der Waals surface area contributed by atoms with Crippen LogP contribution in [0.5, 0.6) is 0 Å². The second-order valence-corrected chi connectivity index (χ2v) is 7.41. The van der Waals surface area contributed by atoms with Crippen LogP contribution in [0.25, 0.3) is 0 Å². The fraction of sp³-hybridized carbons (Fsp3) is 0.450. The van der Waals surface area contributed by atoms with Crippen molar-refractivity contribution >= 4 is 22.9 Å². The van der Waals surface area contributed by atoms with E-state index < -0.39 is 0 Å². The lowest BCUT2D eigenvalue weighted by Crippen LogP contribution is -2.47. The molecule has 1 aromatic carbocycles. The Hall–Kier alpha value is -1.72. The number of benzene rings is 1. The fourth-order valence-corrected chi connectivity index (χ4v) is 4.13. The molecular formula is C20H25FN2OS. The Morgan fingerprint density at radius 1 is 1.24 bits per heavy atom. The highest BCUT2D eigenvalue weighted by molar-refractivity contribution is 7.07. The quantitative estimate of drug-likeness (QED) is 0.746. The summed E-state index contributed by atoms with van der Waals surface area (Å²) in [5.74, 6) is -0.123. The molecule has 0 saturated carbocycles. The molecule has 2 aromatic rings. The van der Waals surface area contributed by atoms with Gasteiger partial charge < -0.3 is 4.90 Å². The average molecular weight is 360 g/mol. The minimum Gasteiger partial charge on any atom is -0.309 e. The van der Waals surface area contributed by atoms with E-state index in [1.54, 1.807) is 23.5 Å². The zero-order valence-corrected chi connectivity index (χ0v) is 15.5. The number of nitrogens with zero attached hydrogens (tertiary/aromatic N) is 2.